The Bertz CT molecular complexity index is 776. The van der Waals surface area contributed by atoms with E-state index in [9.17, 15) is 14.0 Å². The predicted molar refractivity (Wildman–Crippen MR) is 87.7 cm³/mol. The summed E-state index contributed by atoms with van der Waals surface area (Å²) in [6.07, 6.45) is 4.11. The largest absolute Gasteiger partial charge is 0.465 e. The van der Waals surface area contributed by atoms with Crippen LogP contribution < -0.4 is 4.90 Å². The highest BCUT2D eigenvalue weighted by atomic mass is 19.1. The second kappa shape index (κ2) is 9.03. The Morgan fingerprint density at radius 2 is 2.04 bits per heavy atom. The summed E-state index contributed by atoms with van der Waals surface area (Å²) in [5.41, 5.74) is 0.420. The molecule has 1 amide bonds. The van der Waals surface area contributed by atoms with Gasteiger partial charge in [-0.3, -0.25) is 4.79 Å². The van der Waals surface area contributed by atoms with Crippen molar-refractivity contribution >= 4 is 23.6 Å². The summed E-state index contributed by atoms with van der Waals surface area (Å²) in [7, 11) is 0. The molecule has 0 radical (unpaired) electrons. The highest BCUT2D eigenvalue weighted by Gasteiger charge is 2.17. The second-order valence-electron chi connectivity index (χ2n) is 4.89. The second-order valence-corrected chi connectivity index (χ2v) is 4.89. The first kappa shape index (κ1) is 17.9. The molecular weight excluding hydrogens is 327 g/mol. The minimum Gasteiger partial charge on any atom is -0.465 e. The summed E-state index contributed by atoms with van der Waals surface area (Å²) < 4.78 is 22.9. The first-order valence-corrected chi connectivity index (χ1v) is 7.41. The third-order valence-corrected chi connectivity index (χ3v) is 3.15. The van der Waals surface area contributed by atoms with E-state index in [-0.39, 0.29) is 13.0 Å². The average Bonchev–Trinajstić information content (AvgIpc) is 3.13. The molecule has 1 aromatic carbocycles. The molecule has 128 valence electrons. The fourth-order valence-corrected chi connectivity index (χ4v) is 1.98. The van der Waals surface area contributed by atoms with Gasteiger partial charge >= 0.3 is 5.97 Å². The summed E-state index contributed by atoms with van der Waals surface area (Å²) >= 11 is 0. The molecule has 2 rings (SSSR count). The van der Waals surface area contributed by atoms with Gasteiger partial charge in [0.05, 0.1) is 18.8 Å². The number of carbonyl (C=O) groups excluding carboxylic acids is 2. The fourth-order valence-electron chi connectivity index (χ4n) is 1.98. The number of benzene rings is 1. The molecule has 0 spiro atoms. The van der Waals surface area contributed by atoms with Gasteiger partial charge in [0.15, 0.2) is 6.61 Å². The van der Waals surface area contributed by atoms with Crippen molar-refractivity contribution in [3.05, 3.63) is 60.3 Å². The van der Waals surface area contributed by atoms with Crippen molar-refractivity contribution in [1.82, 2.24) is 0 Å². The molecule has 7 heteroatoms. The first-order valence-electron chi connectivity index (χ1n) is 7.41. The Morgan fingerprint density at radius 1 is 1.28 bits per heavy atom. The van der Waals surface area contributed by atoms with E-state index in [1.165, 1.54) is 41.5 Å². The van der Waals surface area contributed by atoms with E-state index in [1.54, 1.807) is 12.1 Å². The highest BCUT2D eigenvalue weighted by molar-refractivity contribution is 5.96. The van der Waals surface area contributed by atoms with Gasteiger partial charge in [-0.15, -0.1) is 0 Å². The van der Waals surface area contributed by atoms with Gasteiger partial charge in [0.25, 0.3) is 5.91 Å². The Kier molecular flexibility index (Phi) is 6.48. The Labute approximate surface area is 143 Å². The van der Waals surface area contributed by atoms with Gasteiger partial charge in [0.1, 0.15) is 11.6 Å². The molecule has 0 saturated carbocycles. The maximum atomic E-state index is 13.0. The quantitative estimate of drug-likeness (QED) is 0.571. The molecule has 0 N–H and O–H groups in total. The molecule has 0 atom stereocenters. The lowest BCUT2D eigenvalue weighted by Gasteiger charge is -2.21. The lowest BCUT2D eigenvalue weighted by Crippen LogP contribution is -2.35. The number of amides is 1. The molecule has 0 unspecified atom stereocenters. The molecule has 0 saturated heterocycles. The summed E-state index contributed by atoms with van der Waals surface area (Å²) in [6, 6.07) is 10.5. The van der Waals surface area contributed by atoms with Gasteiger partial charge in [-0.1, -0.05) is 0 Å². The number of anilines is 1. The van der Waals surface area contributed by atoms with E-state index in [0.29, 0.717) is 11.4 Å². The number of nitriles is 1. The van der Waals surface area contributed by atoms with Crippen LogP contribution in [-0.4, -0.2) is 25.0 Å². The van der Waals surface area contributed by atoms with Crippen molar-refractivity contribution in [3.8, 4) is 6.07 Å². The average molecular weight is 342 g/mol. The number of halogens is 1. The van der Waals surface area contributed by atoms with Crippen LogP contribution in [0.2, 0.25) is 0 Å². The minimum absolute atomic E-state index is 0.0927. The molecule has 0 bridgehead atoms. The van der Waals surface area contributed by atoms with Gasteiger partial charge in [-0.2, -0.15) is 5.26 Å². The van der Waals surface area contributed by atoms with Crippen molar-refractivity contribution in [2.24, 2.45) is 0 Å². The SMILES string of the molecule is N#CCCN(C(=O)COC(=O)C=Cc1ccco1)c1ccc(F)cc1. The molecule has 2 aromatic rings. The fraction of sp³-hybridized carbons (Fsp3) is 0.167. The van der Waals surface area contributed by atoms with Crippen LogP contribution in [0.5, 0.6) is 0 Å². The zero-order valence-corrected chi connectivity index (χ0v) is 13.2. The summed E-state index contributed by atoms with van der Waals surface area (Å²) in [4.78, 5) is 25.2. The monoisotopic (exact) mass is 342 g/mol. The van der Waals surface area contributed by atoms with E-state index >= 15 is 0 Å². The van der Waals surface area contributed by atoms with Crippen molar-refractivity contribution < 1.29 is 23.1 Å². The summed E-state index contributed by atoms with van der Waals surface area (Å²) in [5.74, 6) is -1.18. The maximum Gasteiger partial charge on any atom is 0.331 e. The molecule has 0 aliphatic heterocycles. The summed E-state index contributed by atoms with van der Waals surface area (Å²) in [6.45, 7) is -0.384. The molecule has 1 heterocycles. The Hall–Kier alpha value is -3.40. The number of hydrogen-bond donors (Lipinski definition) is 0. The van der Waals surface area contributed by atoms with Crippen LogP contribution in [0.25, 0.3) is 6.08 Å². The van der Waals surface area contributed by atoms with Gasteiger partial charge in [0, 0.05) is 18.3 Å². The number of esters is 1. The molecule has 25 heavy (non-hydrogen) atoms. The van der Waals surface area contributed by atoms with E-state index < -0.39 is 24.3 Å². The predicted octanol–water partition coefficient (Wildman–Crippen LogP) is 2.92. The molecule has 6 nitrogen and oxygen atoms in total. The molecule has 0 fully saturated rings. The Morgan fingerprint density at radius 3 is 2.68 bits per heavy atom. The van der Waals surface area contributed by atoms with Crippen LogP contribution in [0, 0.1) is 17.1 Å². The standard InChI is InChI=1S/C18H15FN2O4/c19-14-4-6-15(7-5-14)21(11-2-10-20)17(22)13-25-18(23)9-8-16-3-1-12-24-16/h1,3-9,12H,2,11,13H2. The maximum absolute atomic E-state index is 13.0. The number of carbonyl (C=O) groups is 2. The van der Waals surface area contributed by atoms with Crippen LogP contribution in [0.4, 0.5) is 10.1 Å². The van der Waals surface area contributed by atoms with Crippen LogP contribution in [0.15, 0.2) is 53.2 Å². The van der Waals surface area contributed by atoms with Crippen molar-refractivity contribution in [1.29, 1.82) is 5.26 Å². The van der Waals surface area contributed by atoms with Crippen LogP contribution in [-0.2, 0) is 14.3 Å². The zero-order valence-electron chi connectivity index (χ0n) is 13.2. The molecule has 0 aliphatic carbocycles. The van der Waals surface area contributed by atoms with Gasteiger partial charge in [-0.05, 0) is 42.5 Å². The van der Waals surface area contributed by atoms with Gasteiger partial charge in [-0.25, -0.2) is 9.18 Å². The van der Waals surface area contributed by atoms with Crippen LogP contribution in [0.1, 0.15) is 12.2 Å². The highest BCUT2D eigenvalue weighted by Crippen LogP contribution is 2.15. The number of rotatable bonds is 7. The van der Waals surface area contributed by atoms with E-state index in [0.717, 1.165) is 6.08 Å². The van der Waals surface area contributed by atoms with Crippen molar-refractivity contribution in [2.75, 3.05) is 18.1 Å². The smallest absolute Gasteiger partial charge is 0.331 e. The number of furan rings is 1. The van der Waals surface area contributed by atoms with Crippen molar-refractivity contribution in [3.63, 3.8) is 0 Å². The lowest BCUT2D eigenvalue weighted by molar-refractivity contribution is -0.142. The molecule has 0 aliphatic rings. The van der Waals surface area contributed by atoms with E-state index in [4.69, 9.17) is 14.4 Å². The number of hydrogen-bond acceptors (Lipinski definition) is 5. The lowest BCUT2D eigenvalue weighted by atomic mass is 10.2. The van der Waals surface area contributed by atoms with E-state index in [1.807, 2.05) is 6.07 Å². The minimum atomic E-state index is -0.705. The number of ether oxygens (including phenoxy) is 1. The third kappa shape index (κ3) is 5.62. The van der Waals surface area contributed by atoms with E-state index in [2.05, 4.69) is 0 Å². The van der Waals surface area contributed by atoms with Gasteiger partial charge < -0.3 is 14.1 Å². The van der Waals surface area contributed by atoms with Crippen LogP contribution in [0.3, 0.4) is 0 Å². The van der Waals surface area contributed by atoms with Crippen molar-refractivity contribution in [2.45, 2.75) is 6.42 Å². The van der Waals surface area contributed by atoms with Crippen LogP contribution >= 0.6 is 0 Å². The third-order valence-electron chi connectivity index (χ3n) is 3.15. The first-order chi connectivity index (χ1) is 12.1. The molecule has 1 aromatic heterocycles. The Balaban J connectivity index is 1.95. The number of nitrogens with zero attached hydrogens (tertiary/aromatic N) is 2. The summed E-state index contributed by atoms with van der Waals surface area (Å²) in [5, 5.41) is 8.72. The molecular formula is C18H15FN2O4. The zero-order chi connectivity index (χ0) is 18.1. The van der Waals surface area contributed by atoms with Gasteiger partial charge in [0.2, 0.25) is 0 Å². The topological polar surface area (TPSA) is 83.5 Å². The normalized spacial score (nSPS) is 10.4.